The van der Waals surface area contributed by atoms with Crippen molar-refractivity contribution in [1.82, 2.24) is 24.3 Å². The summed E-state index contributed by atoms with van der Waals surface area (Å²) in [5.41, 5.74) is 4.03. The van der Waals surface area contributed by atoms with Crippen molar-refractivity contribution in [2.24, 2.45) is 7.05 Å². The average Bonchev–Trinajstić information content (AvgIpc) is 3.40. The van der Waals surface area contributed by atoms with Crippen molar-refractivity contribution in [3.8, 4) is 5.75 Å². The topological polar surface area (TPSA) is 63.5 Å². The number of rotatable bonds is 6. The van der Waals surface area contributed by atoms with Crippen LogP contribution in [-0.2, 0) is 13.5 Å². The van der Waals surface area contributed by atoms with E-state index in [2.05, 4.69) is 34.4 Å². The number of nitrogens with zero attached hydrogens (tertiary/aromatic N) is 5. The van der Waals surface area contributed by atoms with Crippen molar-refractivity contribution in [3.05, 3.63) is 64.1 Å². The van der Waals surface area contributed by atoms with E-state index in [9.17, 15) is 4.79 Å². The molecular weight excluding hydrogens is 430 g/mol. The molecule has 0 N–H and O–H groups in total. The van der Waals surface area contributed by atoms with E-state index in [0.717, 1.165) is 43.1 Å². The third-order valence-corrected chi connectivity index (χ3v) is 7.16. The lowest BCUT2D eigenvalue weighted by Gasteiger charge is -2.33. The van der Waals surface area contributed by atoms with Crippen molar-refractivity contribution in [2.75, 3.05) is 32.7 Å². The van der Waals surface area contributed by atoms with Gasteiger partial charge >= 0.3 is 6.09 Å². The summed E-state index contributed by atoms with van der Waals surface area (Å²) in [5.74, 6) is 1.41. The first kappa shape index (κ1) is 21.9. The highest BCUT2D eigenvalue weighted by Gasteiger charge is 2.23. The van der Waals surface area contributed by atoms with Gasteiger partial charge in [0.2, 0.25) is 0 Å². The van der Waals surface area contributed by atoms with Crippen LogP contribution in [0.15, 0.2) is 42.2 Å². The number of hydrogen-bond donors (Lipinski definition) is 1. The van der Waals surface area contributed by atoms with Gasteiger partial charge in [-0.15, -0.1) is 11.3 Å². The van der Waals surface area contributed by atoms with E-state index in [4.69, 9.17) is 4.74 Å². The smallest absolute Gasteiger partial charge is 0.410 e. The van der Waals surface area contributed by atoms with Gasteiger partial charge in [0.25, 0.3) is 0 Å². The van der Waals surface area contributed by atoms with Gasteiger partial charge in [-0.3, -0.25) is 4.90 Å². The van der Waals surface area contributed by atoms with Crippen molar-refractivity contribution in [2.45, 2.75) is 18.6 Å². The van der Waals surface area contributed by atoms with Crippen LogP contribution < -0.4 is 4.74 Å². The van der Waals surface area contributed by atoms with Gasteiger partial charge in [0, 0.05) is 57.0 Å². The van der Waals surface area contributed by atoms with E-state index < -0.39 is 0 Å². The van der Waals surface area contributed by atoms with E-state index in [0.29, 0.717) is 18.8 Å². The van der Waals surface area contributed by atoms with Crippen LogP contribution in [0.3, 0.4) is 0 Å². The molecule has 164 valence electrons. The normalized spacial score (nSPS) is 15.8. The number of aryl methyl sites for hydroxylation is 2. The molecule has 3 heterocycles. The highest BCUT2D eigenvalue weighted by Crippen LogP contribution is 2.28. The molecule has 0 spiro atoms. The molecular formula is C22H27N5O2S2. The fraction of sp³-hybridized carbons (Fsp3) is 0.409. The first-order chi connectivity index (χ1) is 15.0. The van der Waals surface area contributed by atoms with Crippen LogP contribution in [0.2, 0.25) is 0 Å². The zero-order valence-electron chi connectivity index (χ0n) is 17.8. The molecule has 3 aromatic rings. The third kappa shape index (κ3) is 5.28. The minimum absolute atomic E-state index is 0.133. The lowest BCUT2D eigenvalue weighted by molar-refractivity contribution is 0.111. The lowest BCUT2D eigenvalue weighted by Crippen LogP contribution is -2.49. The predicted molar refractivity (Wildman–Crippen MR) is 125 cm³/mol. The van der Waals surface area contributed by atoms with Gasteiger partial charge in [-0.05, 0) is 31.0 Å². The number of amides is 1. The standard InChI is InChI=1S/C22H27N5O2S2/c1-16-19(31-15-24-16)7-9-26-11-13-27(14-12-26)22(28)29-18-5-3-17(4-6-18)20(30)21-23-8-10-25(21)2/h3-6,8,10,15,20,30H,7,9,11-14H2,1-2H3. The molecule has 2 aromatic heterocycles. The zero-order valence-corrected chi connectivity index (χ0v) is 19.5. The Morgan fingerprint density at radius 1 is 1.19 bits per heavy atom. The molecule has 1 aromatic carbocycles. The van der Waals surface area contributed by atoms with E-state index in [1.165, 1.54) is 4.88 Å². The largest absolute Gasteiger partial charge is 0.415 e. The van der Waals surface area contributed by atoms with Gasteiger partial charge in [-0.25, -0.2) is 14.8 Å². The van der Waals surface area contributed by atoms with E-state index in [-0.39, 0.29) is 11.3 Å². The molecule has 1 fully saturated rings. The van der Waals surface area contributed by atoms with Crippen LogP contribution in [0, 0.1) is 6.92 Å². The van der Waals surface area contributed by atoms with Crippen molar-refractivity contribution in [3.63, 3.8) is 0 Å². The first-order valence-electron chi connectivity index (χ1n) is 10.3. The molecule has 1 aliphatic heterocycles. The second-order valence-corrected chi connectivity index (χ2v) is 9.13. The molecule has 1 saturated heterocycles. The SMILES string of the molecule is Cc1ncsc1CCN1CCN(C(=O)Oc2ccc(C(S)c3nccn3C)cc2)CC1. The maximum absolute atomic E-state index is 12.6. The van der Waals surface area contributed by atoms with Crippen LogP contribution in [0.25, 0.3) is 0 Å². The monoisotopic (exact) mass is 457 g/mol. The lowest BCUT2D eigenvalue weighted by atomic mass is 10.1. The number of thiazole rings is 1. The number of carbonyl (C=O) groups is 1. The highest BCUT2D eigenvalue weighted by molar-refractivity contribution is 7.80. The number of ether oxygens (including phenoxy) is 1. The molecule has 1 unspecified atom stereocenters. The maximum Gasteiger partial charge on any atom is 0.415 e. The molecule has 0 aliphatic carbocycles. The Labute approximate surface area is 192 Å². The molecule has 0 saturated carbocycles. The molecule has 7 nitrogen and oxygen atoms in total. The quantitative estimate of drug-likeness (QED) is 0.574. The number of hydrogen-bond acceptors (Lipinski definition) is 7. The summed E-state index contributed by atoms with van der Waals surface area (Å²) >= 11 is 6.39. The van der Waals surface area contributed by atoms with Gasteiger partial charge in [0.1, 0.15) is 11.6 Å². The van der Waals surface area contributed by atoms with E-state index in [1.54, 1.807) is 22.4 Å². The van der Waals surface area contributed by atoms with Gasteiger partial charge in [0.05, 0.1) is 16.5 Å². The van der Waals surface area contributed by atoms with E-state index in [1.807, 2.05) is 47.6 Å². The molecule has 1 amide bonds. The fourth-order valence-corrected chi connectivity index (χ4v) is 4.84. The molecule has 1 atom stereocenters. The summed E-state index contributed by atoms with van der Waals surface area (Å²) in [5, 5.41) is -0.133. The average molecular weight is 458 g/mol. The maximum atomic E-state index is 12.6. The van der Waals surface area contributed by atoms with Crippen LogP contribution in [0.1, 0.15) is 27.2 Å². The molecule has 9 heteroatoms. The number of benzene rings is 1. The van der Waals surface area contributed by atoms with Crippen LogP contribution in [-0.4, -0.2) is 63.2 Å². The zero-order chi connectivity index (χ0) is 21.8. The fourth-order valence-electron chi connectivity index (χ4n) is 3.65. The minimum atomic E-state index is -0.294. The van der Waals surface area contributed by atoms with Gasteiger partial charge in [-0.1, -0.05) is 12.1 Å². The Kier molecular flexibility index (Phi) is 6.94. The van der Waals surface area contributed by atoms with Crippen molar-refractivity contribution < 1.29 is 9.53 Å². The number of aromatic nitrogens is 3. The van der Waals surface area contributed by atoms with Crippen molar-refractivity contribution >= 4 is 30.1 Å². The Bertz CT molecular complexity index is 1010. The Balaban J connectivity index is 1.25. The number of imidazole rings is 1. The Morgan fingerprint density at radius 2 is 1.94 bits per heavy atom. The molecule has 4 rings (SSSR count). The van der Waals surface area contributed by atoms with Crippen LogP contribution in [0.4, 0.5) is 4.79 Å². The third-order valence-electron chi connectivity index (χ3n) is 5.63. The molecule has 31 heavy (non-hydrogen) atoms. The van der Waals surface area contributed by atoms with Gasteiger partial charge in [0.15, 0.2) is 0 Å². The van der Waals surface area contributed by atoms with Crippen LogP contribution in [0.5, 0.6) is 5.75 Å². The number of carbonyl (C=O) groups excluding carboxylic acids is 1. The van der Waals surface area contributed by atoms with Crippen LogP contribution >= 0.6 is 24.0 Å². The van der Waals surface area contributed by atoms with Gasteiger partial charge < -0.3 is 14.2 Å². The van der Waals surface area contributed by atoms with E-state index >= 15 is 0 Å². The second kappa shape index (κ2) is 9.84. The molecule has 0 radical (unpaired) electrons. The van der Waals surface area contributed by atoms with Crippen molar-refractivity contribution in [1.29, 1.82) is 0 Å². The summed E-state index contributed by atoms with van der Waals surface area (Å²) < 4.78 is 7.54. The summed E-state index contributed by atoms with van der Waals surface area (Å²) in [7, 11) is 1.95. The summed E-state index contributed by atoms with van der Waals surface area (Å²) in [6.45, 7) is 6.12. The molecule has 0 bridgehead atoms. The number of thiol groups is 1. The first-order valence-corrected chi connectivity index (χ1v) is 11.7. The molecule has 1 aliphatic rings. The number of piperazine rings is 1. The second-order valence-electron chi connectivity index (χ2n) is 7.68. The summed E-state index contributed by atoms with van der Waals surface area (Å²) in [6.07, 6.45) is 4.37. The predicted octanol–water partition coefficient (Wildman–Crippen LogP) is 3.56. The Hall–Kier alpha value is -2.36. The van der Waals surface area contributed by atoms with Gasteiger partial charge in [-0.2, -0.15) is 12.6 Å². The Morgan fingerprint density at radius 3 is 2.55 bits per heavy atom. The summed E-state index contributed by atoms with van der Waals surface area (Å²) in [6, 6.07) is 7.47. The minimum Gasteiger partial charge on any atom is -0.410 e. The summed E-state index contributed by atoms with van der Waals surface area (Å²) in [4.78, 5) is 26.7. The highest BCUT2D eigenvalue weighted by atomic mass is 32.1.